The van der Waals surface area contributed by atoms with Crippen LogP contribution in [0.15, 0.2) is 48.5 Å². The number of carbonyl (C=O) groups excluding carboxylic acids is 2. The van der Waals surface area contributed by atoms with Crippen LogP contribution in [0.5, 0.6) is 0 Å². The van der Waals surface area contributed by atoms with Crippen LogP contribution in [-0.2, 0) is 26.2 Å². The average molecular weight is 514 g/mol. The minimum atomic E-state index is -3.84. The minimum absolute atomic E-state index is 0.107. The van der Waals surface area contributed by atoms with Crippen LogP contribution in [0, 0.1) is 0 Å². The fourth-order valence-corrected chi connectivity index (χ4v) is 4.47. The summed E-state index contributed by atoms with van der Waals surface area (Å²) in [6.07, 6.45) is 1.37. The number of hydrogen-bond acceptors (Lipinski definition) is 4. The molecule has 2 aromatic rings. The van der Waals surface area contributed by atoms with Gasteiger partial charge < -0.3 is 10.2 Å². The Labute approximate surface area is 205 Å². The first-order valence-corrected chi connectivity index (χ1v) is 13.1. The third-order valence-corrected chi connectivity index (χ3v) is 6.76. The van der Waals surface area contributed by atoms with Crippen LogP contribution in [0.1, 0.15) is 32.8 Å². The number of nitrogens with zero attached hydrogens (tertiary/aromatic N) is 2. The normalized spacial score (nSPS) is 12.3. The Morgan fingerprint density at radius 3 is 2.18 bits per heavy atom. The van der Waals surface area contributed by atoms with Gasteiger partial charge in [0.05, 0.1) is 22.0 Å². The second-order valence-corrected chi connectivity index (χ2v) is 10.7. The molecule has 1 atom stereocenters. The van der Waals surface area contributed by atoms with E-state index in [9.17, 15) is 18.0 Å². The smallest absolute Gasteiger partial charge is 0.244 e. The number of hydrogen-bond donors (Lipinski definition) is 1. The van der Waals surface area contributed by atoms with E-state index >= 15 is 0 Å². The summed E-state index contributed by atoms with van der Waals surface area (Å²) in [6, 6.07) is 12.7. The third kappa shape index (κ3) is 7.62. The monoisotopic (exact) mass is 513 g/mol. The molecular weight excluding hydrogens is 485 g/mol. The summed E-state index contributed by atoms with van der Waals surface area (Å²) in [5, 5.41) is 3.28. The number of rotatable bonds is 10. The third-order valence-electron chi connectivity index (χ3n) is 4.88. The highest BCUT2D eigenvalue weighted by atomic mass is 35.5. The molecule has 2 amide bonds. The van der Waals surface area contributed by atoms with Crippen LogP contribution in [0.2, 0.25) is 10.0 Å². The number of amides is 2. The van der Waals surface area contributed by atoms with Crippen LogP contribution >= 0.6 is 23.2 Å². The largest absolute Gasteiger partial charge is 0.352 e. The van der Waals surface area contributed by atoms with Gasteiger partial charge in [-0.15, -0.1) is 0 Å². The zero-order chi connectivity index (χ0) is 24.8. The van der Waals surface area contributed by atoms with E-state index in [2.05, 4.69) is 5.32 Å². The molecule has 33 heavy (non-hydrogen) atoms. The Kier molecular flexibility index (Phi) is 9.57. The second-order valence-electron chi connectivity index (χ2n) is 7.96. The van der Waals surface area contributed by atoms with Gasteiger partial charge in [-0.25, -0.2) is 8.42 Å². The van der Waals surface area contributed by atoms with Crippen molar-refractivity contribution in [1.29, 1.82) is 0 Å². The zero-order valence-electron chi connectivity index (χ0n) is 19.1. The fraction of sp³-hybridized carbons (Fsp3) is 0.391. The molecule has 10 heteroatoms. The van der Waals surface area contributed by atoms with Crippen LogP contribution in [0.4, 0.5) is 5.69 Å². The maximum Gasteiger partial charge on any atom is 0.244 e. The van der Waals surface area contributed by atoms with E-state index in [4.69, 9.17) is 23.2 Å². The topological polar surface area (TPSA) is 86.8 Å². The first-order valence-electron chi connectivity index (χ1n) is 10.5. The maximum atomic E-state index is 13.5. The number of halogens is 2. The molecule has 0 fully saturated rings. The SMILES string of the molecule is CCC(C(=O)NC(C)C)N(Cc1ccccc1)C(=O)CN(c1ccc(Cl)c(Cl)c1)S(C)(=O)=O. The van der Waals surface area contributed by atoms with Gasteiger partial charge in [-0.3, -0.25) is 13.9 Å². The van der Waals surface area contributed by atoms with E-state index in [1.807, 2.05) is 51.1 Å². The summed E-state index contributed by atoms with van der Waals surface area (Å²) in [5.74, 6) is -0.807. The Balaban J connectivity index is 2.43. The molecule has 2 aromatic carbocycles. The van der Waals surface area contributed by atoms with Crippen molar-refractivity contribution in [2.45, 2.75) is 45.8 Å². The molecule has 180 valence electrons. The quantitative estimate of drug-likeness (QED) is 0.518. The summed E-state index contributed by atoms with van der Waals surface area (Å²) in [4.78, 5) is 27.8. The van der Waals surface area contributed by atoms with Crippen LogP contribution < -0.4 is 9.62 Å². The Hall–Kier alpha value is -2.29. The molecule has 1 N–H and O–H groups in total. The van der Waals surface area contributed by atoms with Crippen molar-refractivity contribution in [3.8, 4) is 0 Å². The molecular formula is C23H29Cl2N3O4S. The highest BCUT2D eigenvalue weighted by Crippen LogP contribution is 2.28. The lowest BCUT2D eigenvalue weighted by Gasteiger charge is -2.33. The average Bonchev–Trinajstić information content (AvgIpc) is 2.73. The molecule has 0 aliphatic rings. The van der Waals surface area contributed by atoms with E-state index in [1.54, 1.807) is 0 Å². The molecule has 0 saturated heterocycles. The second kappa shape index (κ2) is 11.7. The lowest BCUT2D eigenvalue weighted by atomic mass is 10.1. The van der Waals surface area contributed by atoms with Crippen LogP contribution in [0.3, 0.4) is 0 Å². The van der Waals surface area contributed by atoms with Crippen molar-refractivity contribution in [3.05, 3.63) is 64.1 Å². The van der Waals surface area contributed by atoms with Crippen molar-refractivity contribution >= 4 is 50.7 Å². The molecule has 0 heterocycles. The summed E-state index contributed by atoms with van der Waals surface area (Å²) in [5.41, 5.74) is 1.03. The van der Waals surface area contributed by atoms with Gasteiger partial charge in [0, 0.05) is 12.6 Å². The predicted molar refractivity (Wildman–Crippen MR) is 133 cm³/mol. The number of carbonyl (C=O) groups is 2. The van der Waals surface area contributed by atoms with Gasteiger partial charge in [0.2, 0.25) is 21.8 Å². The number of sulfonamides is 1. The van der Waals surface area contributed by atoms with Crippen molar-refractivity contribution in [3.63, 3.8) is 0 Å². The summed E-state index contributed by atoms with van der Waals surface area (Å²) in [6.45, 7) is 5.15. The van der Waals surface area contributed by atoms with Crippen LogP contribution in [0.25, 0.3) is 0 Å². The molecule has 0 aromatic heterocycles. The molecule has 0 bridgehead atoms. The van der Waals surface area contributed by atoms with Gasteiger partial charge in [-0.05, 0) is 44.0 Å². The van der Waals surface area contributed by atoms with Crippen molar-refractivity contribution < 1.29 is 18.0 Å². The van der Waals surface area contributed by atoms with E-state index < -0.39 is 28.5 Å². The fourth-order valence-electron chi connectivity index (χ4n) is 3.33. The molecule has 0 saturated carbocycles. The highest BCUT2D eigenvalue weighted by molar-refractivity contribution is 7.92. The van der Waals surface area contributed by atoms with E-state index in [0.717, 1.165) is 16.1 Å². The minimum Gasteiger partial charge on any atom is -0.352 e. The Morgan fingerprint density at radius 1 is 1.03 bits per heavy atom. The molecule has 0 spiro atoms. The number of anilines is 1. The first kappa shape index (κ1) is 27.0. The van der Waals surface area contributed by atoms with Gasteiger partial charge in [-0.2, -0.15) is 0 Å². The maximum absolute atomic E-state index is 13.5. The molecule has 7 nitrogen and oxygen atoms in total. The van der Waals surface area contributed by atoms with E-state index in [0.29, 0.717) is 6.42 Å². The first-order chi connectivity index (χ1) is 15.4. The van der Waals surface area contributed by atoms with Crippen molar-refractivity contribution in [1.82, 2.24) is 10.2 Å². The lowest BCUT2D eigenvalue weighted by molar-refractivity contribution is -0.140. The number of nitrogens with one attached hydrogen (secondary N) is 1. The van der Waals surface area contributed by atoms with Gasteiger partial charge in [0.15, 0.2) is 0 Å². The highest BCUT2D eigenvalue weighted by Gasteiger charge is 2.32. The van der Waals surface area contributed by atoms with E-state index in [-0.39, 0.29) is 34.2 Å². The summed E-state index contributed by atoms with van der Waals surface area (Å²) >= 11 is 12.0. The molecule has 1 unspecified atom stereocenters. The van der Waals surface area contributed by atoms with Crippen LogP contribution in [-0.4, -0.2) is 50.0 Å². The van der Waals surface area contributed by atoms with Gasteiger partial charge in [0.25, 0.3) is 0 Å². The molecule has 0 aliphatic heterocycles. The molecule has 0 radical (unpaired) electrons. The van der Waals surface area contributed by atoms with Gasteiger partial charge in [0.1, 0.15) is 12.6 Å². The van der Waals surface area contributed by atoms with Gasteiger partial charge in [-0.1, -0.05) is 60.5 Å². The number of benzene rings is 2. The summed E-state index contributed by atoms with van der Waals surface area (Å²) < 4.78 is 26.1. The van der Waals surface area contributed by atoms with Crippen molar-refractivity contribution in [2.75, 3.05) is 17.1 Å². The predicted octanol–water partition coefficient (Wildman–Crippen LogP) is 4.09. The van der Waals surface area contributed by atoms with E-state index in [1.165, 1.54) is 23.1 Å². The summed E-state index contributed by atoms with van der Waals surface area (Å²) in [7, 11) is -3.84. The lowest BCUT2D eigenvalue weighted by Crippen LogP contribution is -2.53. The van der Waals surface area contributed by atoms with Crippen molar-refractivity contribution in [2.24, 2.45) is 0 Å². The van der Waals surface area contributed by atoms with Gasteiger partial charge >= 0.3 is 0 Å². The molecule has 2 rings (SSSR count). The Bertz CT molecular complexity index is 1080. The zero-order valence-corrected chi connectivity index (χ0v) is 21.4. The standard InChI is InChI=1S/C23H29Cl2N3O4S/c1-5-21(23(30)26-16(2)3)27(14-17-9-7-6-8-10-17)22(29)15-28(33(4,31)32)18-11-12-19(24)20(25)13-18/h6-13,16,21H,5,14-15H2,1-4H3,(H,26,30). The molecule has 0 aliphatic carbocycles. The Morgan fingerprint density at radius 2 is 1.67 bits per heavy atom.